The van der Waals surface area contributed by atoms with Crippen LogP contribution >= 0.6 is 0 Å². The molecule has 0 aliphatic heterocycles. The van der Waals surface area contributed by atoms with Crippen LogP contribution in [0.1, 0.15) is 27.7 Å². The van der Waals surface area contributed by atoms with Gasteiger partial charge in [-0.25, -0.2) is 0 Å². The zero-order chi connectivity index (χ0) is 16.1. The summed E-state index contributed by atoms with van der Waals surface area (Å²) < 4.78 is 31.7. The maximum atomic E-state index is 5.42. The Morgan fingerprint density at radius 3 is 0.950 bits per heavy atom. The van der Waals surface area contributed by atoms with Crippen molar-refractivity contribution < 1.29 is 26.6 Å². The van der Waals surface area contributed by atoms with Gasteiger partial charge in [0.25, 0.3) is 0 Å². The fourth-order valence-electron chi connectivity index (χ4n) is 1.04. The van der Waals surface area contributed by atoms with Gasteiger partial charge in [-0.1, -0.05) is 0 Å². The van der Waals surface area contributed by atoms with Gasteiger partial charge in [-0.05, 0) is 40.8 Å². The molecule has 0 heterocycles. The van der Waals surface area contributed by atoms with E-state index in [-0.39, 0.29) is 0 Å². The van der Waals surface area contributed by atoms with Crippen molar-refractivity contribution in [3.8, 4) is 0 Å². The van der Waals surface area contributed by atoms with E-state index in [1.54, 1.807) is 14.2 Å². The highest BCUT2D eigenvalue weighted by Gasteiger charge is 2.44. The van der Waals surface area contributed by atoms with Crippen molar-refractivity contribution in [2.45, 2.75) is 40.8 Å². The number of hydrogen-bond donors (Lipinski definition) is 0. The minimum Gasteiger partial charge on any atom is -0.398 e. The molecule has 124 valence electrons. The van der Waals surface area contributed by atoms with E-state index in [0.29, 0.717) is 26.4 Å². The highest BCUT2D eigenvalue weighted by Crippen LogP contribution is 2.11. The maximum absolute atomic E-state index is 5.42. The lowest BCUT2D eigenvalue weighted by atomic mass is 10.9. The van der Waals surface area contributed by atoms with Crippen molar-refractivity contribution in [1.29, 1.82) is 0 Å². The Bertz CT molecular complexity index is 181. The van der Waals surface area contributed by atoms with Crippen LogP contribution in [0, 0.1) is 0 Å². The predicted octanol–water partition coefficient (Wildman–Crippen LogP) is 2.55. The second kappa shape index (κ2) is 12.9. The molecule has 0 atom stereocenters. The topological polar surface area (TPSA) is 55.4 Å². The lowest BCUT2D eigenvalue weighted by molar-refractivity contribution is -0.0247. The summed E-state index contributed by atoms with van der Waals surface area (Å²) in [4.78, 5) is 0. The van der Waals surface area contributed by atoms with Crippen molar-refractivity contribution in [2.75, 3.05) is 40.6 Å². The minimum absolute atomic E-state index is 0.548. The summed E-state index contributed by atoms with van der Waals surface area (Å²) in [5.74, 6) is 0. The highest BCUT2D eigenvalue weighted by atomic mass is 28.4. The Kier molecular flexibility index (Phi) is 14.5. The molecule has 0 saturated heterocycles. The first-order chi connectivity index (χ1) is 9.36. The van der Waals surface area contributed by atoms with Crippen molar-refractivity contribution in [3.05, 3.63) is 0 Å². The molecule has 8 heteroatoms. The number of rotatable bonds is 10. The third kappa shape index (κ3) is 10.9. The van der Waals surface area contributed by atoms with E-state index in [0.717, 1.165) is 0 Å². The first-order valence-corrected chi connectivity index (χ1v) is 11.5. The third-order valence-corrected chi connectivity index (χ3v) is 6.80. The van der Waals surface area contributed by atoms with Gasteiger partial charge in [0.1, 0.15) is 0 Å². The number of hydrogen-bond acceptors (Lipinski definition) is 6. The van der Waals surface area contributed by atoms with Crippen LogP contribution in [0.2, 0.25) is 13.1 Å². The minimum atomic E-state index is -2.80. The van der Waals surface area contributed by atoms with Gasteiger partial charge in [0.15, 0.2) is 0 Å². The molecule has 0 amide bonds. The normalized spacial score (nSPS) is 12.0. The van der Waals surface area contributed by atoms with E-state index < -0.39 is 17.6 Å². The molecule has 0 aliphatic carbocycles. The third-order valence-electron chi connectivity index (χ3n) is 2.27. The average molecular weight is 329 g/mol. The Balaban J connectivity index is 0. The van der Waals surface area contributed by atoms with Crippen molar-refractivity contribution in [3.63, 3.8) is 0 Å². The fraction of sp³-hybridized carbons (Fsp3) is 1.00. The van der Waals surface area contributed by atoms with Gasteiger partial charge in [-0.2, -0.15) is 0 Å². The molecule has 0 N–H and O–H groups in total. The zero-order valence-corrected chi connectivity index (χ0v) is 16.3. The van der Waals surface area contributed by atoms with Gasteiger partial charge in [0, 0.05) is 40.6 Å². The largest absolute Gasteiger partial charge is 0.679 e. The van der Waals surface area contributed by atoms with Crippen LogP contribution in [0.5, 0.6) is 0 Å². The van der Waals surface area contributed by atoms with Gasteiger partial charge in [0.05, 0.1) is 0 Å². The molecule has 0 aromatic heterocycles. The first kappa shape index (κ1) is 22.5. The predicted molar refractivity (Wildman–Crippen MR) is 83.8 cm³/mol. The van der Waals surface area contributed by atoms with E-state index in [4.69, 9.17) is 26.6 Å². The molecule has 0 spiro atoms. The van der Waals surface area contributed by atoms with Gasteiger partial charge in [-0.15, -0.1) is 0 Å². The van der Waals surface area contributed by atoms with Crippen molar-refractivity contribution in [2.24, 2.45) is 0 Å². The Labute approximate surface area is 126 Å². The van der Waals surface area contributed by atoms with Gasteiger partial charge >= 0.3 is 17.6 Å². The Morgan fingerprint density at radius 1 is 0.600 bits per heavy atom. The standard InChI is InChI=1S/C8H20O4Si.C4H12O2Si/c1-5-9-13(10-6-2,11-7-3)12-8-4;1-5-7(3,4)6-2/h5-8H2,1-4H3;1-4H3. The molecule has 20 heavy (non-hydrogen) atoms. The van der Waals surface area contributed by atoms with E-state index in [1.807, 2.05) is 40.8 Å². The van der Waals surface area contributed by atoms with E-state index in [9.17, 15) is 0 Å². The zero-order valence-electron chi connectivity index (χ0n) is 14.3. The summed E-state index contributed by atoms with van der Waals surface area (Å²) in [6, 6.07) is 0. The van der Waals surface area contributed by atoms with Crippen molar-refractivity contribution in [1.82, 2.24) is 0 Å². The summed E-state index contributed by atoms with van der Waals surface area (Å²) in [5, 5.41) is 0. The quantitative estimate of drug-likeness (QED) is 0.575. The SMILES string of the molecule is CCO[Si](OCC)(OCC)OCC.CO[Si](C)(C)OC. The molecular formula is C12H32O6Si2. The smallest absolute Gasteiger partial charge is 0.398 e. The first-order valence-electron chi connectivity index (χ1n) is 7.02. The van der Waals surface area contributed by atoms with Crippen LogP contribution in [0.3, 0.4) is 0 Å². The second-order valence-corrected chi connectivity index (χ2v) is 9.81. The summed E-state index contributed by atoms with van der Waals surface area (Å²) in [6.45, 7) is 13.8. The van der Waals surface area contributed by atoms with Crippen LogP contribution in [0.15, 0.2) is 0 Å². The van der Waals surface area contributed by atoms with Crippen LogP contribution < -0.4 is 0 Å². The summed E-state index contributed by atoms with van der Waals surface area (Å²) in [6.07, 6.45) is 0. The lowest BCUT2D eigenvalue weighted by Crippen LogP contribution is -2.49. The summed E-state index contributed by atoms with van der Waals surface area (Å²) >= 11 is 0. The molecule has 0 radical (unpaired) electrons. The fourth-order valence-corrected chi connectivity index (χ4v) is 3.12. The Morgan fingerprint density at radius 2 is 0.850 bits per heavy atom. The molecule has 0 unspecified atom stereocenters. The van der Waals surface area contributed by atoms with E-state index >= 15 is 0 Å². The highest BCUT2D eigenvalue weighted by molar-refractivity contribution is 6.64. The lowest BCUT2D eigenvalue weighted by Gasteiger charge is -2.26. The molecule has 0 saturated carbocycles. The molecular weight excluding hydrogens is 296 g/mol. The molecule has 0 rings (SSSR count). The van der Waals surface area contributed by atoms with Gasteiger partial charge in [0.2, 0.25) is 0 Å². The van der Waals surface area contributed by atoms with E-state index in [1.165, 1.54) is 0 Å². The van der Waals surface area contributed by atoms with E-state index in [2.05, 4.69) is 0 Å². The molecule has 0 bridgehead atoms. The molecule has 0 aromatic rings. The Hall–Kier alpha value is 0.194. The summed E-state index contributed by atoms with van der Waals surface area (Å²) in [7, 11) is -1.09. The second-order valence-electron chi connectivity index (χ2n) is 4.04. The molecule has 0 fully saturated rings. The maximum Gasteiger partial charge on any atom is 0.679 e. The van der Waals surface area contributed by atoms with Crippen LogP contribution in [0.25, 0.3) is 0 Å². The van der Waals surface area contributed by atoms with Gasteiger partial charge < -0.3 is 26.6 Å². The van der Waals surface area contributed by atoms with Crippen LogP contribution in [0.4, 0.5) is 0 Å². The van der Waals surface area contributed by atoms with Crippen LogP contribution in [-0.4, -0.2) is 58.3 Å². The van der Waals surface area contributed by atoms with Crippen molar-refractivity contribution >= 4 is 17.6 Å². The summed E-state index contributed by atoms with van der Waals surface area (Å²) in [5.41, 5.74) is 0. The monoisotopic (exact) mass is 328 g/mol. The average Bonchev–Trinajstić information content (AvgIpc) is 2.41. The van der Waals surface area contributed by atoms with Crippen LogP contribution in [-0.2, 0) is 26.6 Å². The van der Waals surface area contributed by atoms with Gasteiger partial charge in [-0.3, -0.25) is 0 Å². The molecule has 0 aliphatic rings. The molecule has 6 nitrogen and oxygen atoms in total. The molecule has 0 aromatic carbocycles.